The first-order valence-electron chi connectivity index (χ1n) is 8.48. The number of piperazine rings is 1. The Bertz CT molecular complexity index is 723. The molecular formula is C16H26ClN3O6S. The number of aromatic nitrogens is 1. The van der Waals surface area contributed by atoms with E-state index in [1.807, 2.05) is 6.92 Å². The number of likely N-dealkylation sites (N-methyl/N-ethyl adjacent to an activating group) is 1. The molecule has 1 aromatic heterocycles. The highest BCUT2D eigenvalue weighted by molar-refractivity contribution is 7.89. The number of carbonyl (C=O) groups is 1. The molecule has 0 atom stereocenters. The zero-order valence-electron chi connectivity index (χ0n) is 15.5. The van der Waals surface area contributed by atoms with Crippen LogP contribution in [0.1, 0.15) is 23.7 Å². The van der Waals surface area contributed by atoms with Crippen LogP contribution in [0.15, 0.2) is 17.2 Å². The fraction of sp³-hybridized carbons (Fsp3) is 0.625. The third-order valence-corrected chi connectivity index (χ3v) is 6.16. The second kappa shape index (κ2) is 10.8. The van der Waals surface area contributed by atoms with E-state index in [-0.39, 0.29) is 29.8 Å². The minimum Gasteiger partial charge on any atom is -0.477 e. The Kier molecular flexibility index (Phi) is 9.40. The number of ether oxygens (including phenoxy) is 2. The molecule has 1 N–H and O–H groups in total. The van der Waals surface area contributed by atoms with E-state index in [1.165, 1.54) is 16.6 Å². The molecule has 0 bridgehead atoms. The summed E-state index contributed by atoms with van der Waals surface area (Å²) in [4.78, 5) is 17.5. The number of carboxylic acids is 1. The Morgan fingerprint density at radius 1 is 1.26 bits per heavy atom. The van der Waals surface area contributed by atoms with Crippen molar-refractivity contribution in [2.75, 3.05) is 53.0 Å². The Labute approximate surface area is 165 Å². The number of methoxy groups -OCH3 is 1. The first kappa shape index (κ1) is 23.6. The molecule has 0 spiro atoms. The lowest BCUT2D eigenvalue weighted by atomic mass is 10.3. The molecule has 0 aromatic carbocycles. The summed E-state index contributed by atoms with van der Waals surface area (Å²) in [6.45, 7) is 5.37. The van der Waals surface area contributed by atoms with E-state index in [2.05, 4.69) is 9.88 Å². The van der Waals surface area contributed by atoms with Crippen LogP contribution in [-0.2, 0) is 14.8 Å². The van der Waals surface area contributed by atoms with Crippen molar-refractivity contribution in [3.8, 4) is 5.88 Å². The van der Waals surface area contributed by atoms with Crippen LogP contribution in [0.4, 0.5) is 0 Å². The summed E-state index contributed by atoms with van der Waals surface area (Å²) in [7, 11) is -2.40. The van der Waals surface area contributed by atoms with Gasteiger partial charge in [-0.05, 0) is 12.6 Å². The van der Waals surface area contributed by atoms with Crippen molar-refractivity contribution < 1.29 is 27.8 Å². The van der Waals surface area contributed by atoms with E-state index in [0.717, 1.165) is 6.54 Å². The molecule has 1 aliphatic rings. The molecule has 0 radical (unpaired) electrons. The van der Waals surface area contributed by atoms with E-state index in [1.54, 1.807) is 7.11 Å². The molecule has 0 unspecified atom stereocenters. The molecule has 11 heteroatoms. The van der Waals surface area contributed by atoms with Crippen LogP contribution in [0, 0.1) is 0 Å². The van der Waals surface area contributed by atoms with Gasteiger partial charge < -0.3 is 19.5 Å². The fourth-order valence-corrected chi connectivity index (χ4v) is 4.33. The highest BCUT2D eigenvalue weighted by Crippen LogP contribution is 2.27. The Morgan fingerprint density at radius 2 is 1.93 bits per heavy atom. The summed E-state index contributed by atoms with van der Waals surface area (Å²) >= 11 is 0. The normalized spacial score (nSPS) is 15.9. The second-order valence-corrected chi connectivity index (χ2v) is 7.73. The van der Waals surface area contributed by atoms with Crippen molar-refractivity contribution in [1.82, 2.24) is 14.2 Å². The standard InChI is InChI=1S/C16H25N3O6S.ClH/c1-3-18-7-9-19(10-8-18)26(22,23)13-5-6-17-15(14(13)16(20)21)25-12-4-11-24-2;/h5-6H,3-4,7-12H2,1-2H3,(H,20,21);1H. The second-order valence-electron chi connectivity index (χ2n) is 5.83. The van der Waals surface area contributed by atoms with Crippen molar-refractivity contribution in [3.63, 3.8) is 0 Å². The molecule has 1 fully saturated rings. The third-order valence-electron chi connectivity index (χ3n) is 4.22. The largest absolute Gasteiger partial charge is 0.477 e. The molecule has 1 aromatic rings. The fourth-order valence-electron chi connectivity index (χ4n) is 2.74. The molecule has 9 nitrogen and oxygen atoms in total. The third kappa shape index (κ3) is 5.76. The van der Waals surface area contributed by atoms with Gasteiger partial charge in [-0.25, -0.2) is 18.2 Å². The Morgan fingerprint density at radius 3 is 2.48 bits per heavy atom. The van der Waals surface area contributed by atoms with Gasteiger partial charge in [-0.15, -0.1) is 12.4 Å². The van der Waals surface area contributed by atoms with Crippen LogP contribution in [-0.4, -0.2) is 86.7 Å². The van der Waals surface area contributed by atoms with Crippen LogP contribution in [0.25, 0.3) is 0 Å². The van der Waals surface area contributed by atoms with Crippen LogP contribution >= 0.6 is 12.4 Å². The average Bonchev–Trinajstić information content (AvgIpc) is 2.64. The van der Waals surface area contributed by atoms with Gasteiger partial charge in [0.25, 0.3) is 0 Å². The van der Waals surface area contributed by atoms with Crippen LogP contribution < -0.4 is 4.74 Å². The van der Waals surface area contributed by atoms with E-state index < -0.39 is 21.6 Å². The minimum absolute atomic E-state index is 0. The lowest BCUT2D eigenvalue weighted by Crippen LogP contribution is -2.48. The summed E-state index contributed by atoms with van der Waals surface area (Å²) in [6.07, 6.45) is 1.79. The number of hydrogen-bond acceptors (Lipinski definition) is 7. The highest BCUT2D eigenvalue weighted by atomic mass is 35.5. The van der Waals surface area contributed by atoms with Crippen LogP contribution in [0.2, 0.25) is 0 Å². The van der Waals surface area contributed by atoms with Gasteiger partial charge >= 0.3 is 5.97 Å². The van der Waals surface area contributed by atoms with Gasteiger partial charge in [0.05, 0.1) is 6.61 Å². The number of rotatable bonds is 9. The molecule has 154 valence electrons. The van der Waals surface area contributed by atoms with Crippen molar-refractivity contribution in [1.29, 1.82) is 0 Å². The summed E-state index contributed by atoms with van der Waals surface area (Å²) in [6, 6.07) is 1.22. The van der Waals surface area contributed by atoms with Crippen molar-refractivity contribution in [2.45, 2.75) is 18.2 Å². The summed E-state index contributed by atoms with van der Waals surface area (Å²) < 4.78 is 37.6. The van der Waals surface area contributed by atoms with Crippen LogP contribution in [0.5, 0.6) is 5.88 Å². The predicted octanol–water partition coefficient (Wildman–Crippen LogP) is 0.943. The molecular weight excluding hydrogens is 398 g/mol. The predicted molar refractivity (Wildman–Crippen MR) is 101 cm³/mol. The molecule has 2 heterocycles. The number of hydrogen-bond donors (Lipinski definition) is 1. The van der Waals surface area contributed by atoms with Gasteiger partial charge in [0, 0.05) is 52.5 Å². The van der Waals surface area contributed by atoms with Gasteiger partial charge in [-0.3, -0.25) is 0 Å². The first-order valence-corrected chi connectivity index (χ1v) is 9.92. The quantitative estimate of drug-likeness (QED) is 0.584. The van der Waals surface area contributed by atoms with Crippen molar-refractivity contribution in [3.05, 3.63) is 17.8 Å². The van der Waals surface area contributed by atoms with Crippen molar-refractivity contribution in [2.24, 2.45) is 0 Å². The number of aromatic carboxylic acids is 1. The number of pyridine rings is 1. The molecule has 1 aliphatic heterocycles. The van der Waals surface area contributed by atoms with Gasteiger partial charge in [-0.2, -0.15) is 4.31 Å². The van der Waals surface area contributed by atoms with Crippen LogP contribution in [0.3, 0.4) is 0 Å². The maximum absolute atomic E-state index is 13.0. The van der Waals surface area contributed by atoms with Gasteiger partial charge in [0.15, 0.2) is 0 Å². The molecule has 27 heavy (non-hydrogen) atoms. The maximum Gasteiger partial charge on any atom is 0.342 e. The van der Waals surface area contributed by atoms with E-state index >= 15 is 0 Å². The van der Waals surface area contributed by atoms with Gasteiger partial charge in [0.2, 0.25) is 15.9 Å². The van der Waals surface area contributed by atoms with E-state index in [9.17, 15) is 18.3 Å². The summed E-state index contributed by atoms with van der Waals surface area (Å²) in [5.41, 5.74) is -0.428. The smallest absolute Gasteiger partial charge is 0.342 e. The average molecular weight is 424 g/mol. The maximum atomic E-state index is 13.0. The molecule has 0 aliphatic carbocycles. The van der Waals surface area contributed by atoms with E-state index in [0.29, 0.717) is 39.2 Å². The molecule has 1 saturated heterocycles. The number of nitrogens with zero attached hydrogens (tertiary/aromatic N) is 3. The first-order chi connectivity index (χ1) is 12.4. The van der Waals surface area contributed by atoms with Crippen molar-refractivity contribution >= 4 is 28.4 Å². The summed E-state index contributed by atoms with van der Waals surface area (Å²) in [5.74, 6) is -1.58. The zero-order valence-corrected chi connectivity index (χ0v) is 17.1. The lowest BCUT2D eigenvalue weighted by molar-refractivity contribution is 0.0685. The molecule has 0 saturated carbocycles. The highest BCUT2D eigenvalue weighted by Gasteiger charge is 2.33. The van der Waals surface area contributed by atoms with Gasteiger partial charge in [-0.1, -0.05) is 6.92 Å². The zero-order chi connectivity index (χ0) is 19.2. The summed E-state index contributed by atoms with van der Waals surface area (Å²) in [5, 5.41) is 9.56. The van der Waals surface area contributed by atoms with Gasteiger partial charge in [0.1, 0.15) is 10.5 Å². The topological polar surface area (TPSA) is 109 Å². The van der Waals surface area contributed by atoms with E-state index in [4.69, 9.17) is 9.47 Å². The Balaban J connectivity index is 0.00000364. The number of carboxylic acid groups (broad SMARTS) is 1. The number of sulfonamides is 1. The molecule has 2 rings (SSSR count). The minimum atomic E-state index is -3.95. The SMILES string of the molecule is CCN1CCN(S(=O)(=O)c2ccnc(OCCCOC)c2C(=O)O)CC1.Cl. The monoisotopic (exact) mass is 423 g/mol. The lowest BCUT2D eigenvalue weighted by Gasteiger charge is -2.33. The number of halogens is 1. The Hall–Kier alpha value is -1.46. The molecule has 0 amide bonds.